The maximum absolute atomic E-state index is 10.9. The van der Waals surface area contributed by atoms with Crippen LogP contribution in [0.1, 0.15) is 22.4 Å². The van der Waals surface area contributed by atoms with Gasteiger partial charge in [0.15, 0.2) is 0 Å². The highest BCUT2D eigenvalue weighted by molar-refractivity contribution is 5.84. The monoisotopic (exact) mass is 183 g/mol. The summed E-state index contributed by atoms with van der Waals surface area (Å²) >= 11 is 0. The van der Waals surface area contributed by atoms with Gasteiger partial charge in [-0.2, -0.15) is 4.98 Å². The SMILES string of the molecule is COC(=O)c1noc(C2CNC2)n1. The van der Waals surface area contributed by atoms with Crippen molar-refractivity contribution in [1.29, 1.82) is 0 Å². The van der Waals surface area contributed by atoms with Crippen LogP contribution in [0.2, 0.25) is 0 Å². The molecule has 1 aromatic rings. The summed E-state index contributed by atoms with van der Waals surface area (Å²) in [6, 6.07) is 0. The lowest BCUT2D eigenvalue weighted by molar-refractivity contribution is 0.0583. The van der Waals surface area contributed by atoms with Crippen molar-refractivity contribution < 1.29 is 14.1 Å². The fourth-order valence-electron chi connectivity index (χ4n) is 1.04. The topological polar surface area (TPSA) is 77.2 Å². The van der Waals surface area contributed by atoms with Crippen LogP contribution in [-0.2, 0) is 4.74 Å². The van der Waals surface area contributed by atoms with Gasteiger partial charge in [0, 0.05) is 13.1 Å². The molecule has 0 unspecified atom stereocenters. The van der Waals surface area contributed by atoms with E-state index in [0.717, 1.165) is 13.1 Å². The molecule has 6 nitrogen and oxygen atoms in total. The summed E-state index contributed by atoms with van der Waals surface area (Å²) in [5.74, 6) is 0.164. The number of ether oxygens (including phenoxy) is 1. The van der Waals surface area contributed by atoms with Crippen molar-refractivity contribution in [2.75, 3.05) is 20.2 Å². The van der Waals surface area contributed by atoms with Gasteiger partial charge in [0.25, 0.3) is 5.82 Å². The number of nitrogens with zero attached hydrogens (tertiary/aromatic N) is 2. The first-order valence-corrected chi connectivity index (χ1v) is 3.94. The molecule has 13 heavy (non-hydrogen) atoms. The number of carbonyl (C=O) groups excluding carboxylic acids is 1. The summed E-state index contributed by atoms with van der Waals surface area (Å²) in [6.45, 7) is 1.64. The molecule has 0 radical (unpaired) electrons. The number of methoxy groups -OCH3 is 1. The molecule has 1 saturated heterocycles. The zero-order chi connectivity index (χ0) is 9.26. The zero-order valence-electron chi connectivity index (χ0n) is 7.11. The molecule has 1 fully saturated rings. The molecule has 0 spiro atoms. The van der Waals surface area contributed by atoms with Crippen molar-refractivity contribution in [2.24, 2.45) is 0 Å². The molecular weight excluding hydrogens is 174 g/mol. The van der Waals surface area contributed by atoms with Crippen molar-refractivity contribution in [2.45, 2.75) is 5.92 Å². The van der Waals surface area contributed by atoms with Gasteiger partial charge in [0.1, 0.15) is 0 Å². The van der Waals surface area contributed by atoms with Crippen molar-refractivity contribution in [3.8, 4) is 0 Å². The van der Waals surface area contributed by atoms with E-state index in [9.17, 15) is 4.79 Å². The average molecular weight is 183 g/mol. The summed E-state index contributed by atoms with van der Waals surface area (Å²) in [4.78, 5) is 14.8. The summed E-state index contributed by atoms with van der Waals surface area (Å²) in [7, 11) is 1.28. The fourth-order valence-corrected chi connectivity index (χ4v) is 1.04. The summed E-state index contributed by atoms with van der Waals surface area (Å²) in [5.41, 5.74) is 0. The van der Waals surface area contributed by atoms with E-state index in [1.807, 2.05) is 0 Å². The second kappa shape index (κ2) is 3.14. The summed E-state index contributed by atoms with van der Waals surface area (Å²) in [5, 5.41) is 6.57. The molecule has 0 aromatic carbocycles. The van der Waals surface area contributed by atoms with Crippen LogP contribution in [0, 0.1) is 0 Å². The van der Waals surface area contributed by atoms with Gasteiger partial charge >= 0.3 is 5.97 Å². The minimum atomic E-state index is -0.567. The molecule has 1 aliphatic heterocycles. The number of rotatable bonds is 2. The van der Waals surface area contributed by atoms with Gasteiger partial charge in [-0.05, 0) is 5.16 Å². The zero-order valence-corrected chi connectivity index (χ0v) is 7.11. The molecule has 2 rings (SSSR count). The molecule has 70 valence electrons. The Morgan fingerprint density at radius 1 is 1.69 bits per heavy atom. The minimum Gasteiger partial charge on any atom is -0.463 e. The molecule has 6 heteroatoms. The molecule has 1 aromatic heterocycles. The molecular formula is C7H9N3O3. The first-order valence-electron chi connectivity index (χ1n) is 3.94. The fraction of sp³-hybridized carbons (Fsp3) is 0.571. The number of aromatic nitrogens is 2. The van der Waals surface area contributed by atoms with Crippen LogP contribution in [0.15, 0.2) is 4.52 Å². The molecule has 0 atom stereocenters. The van der Waals surface area contributed by atoms with Crippen molar-refractivity contribution in [3.63, 3.8) is 0 Å². The number of nitrogens with one attached hydrogen (secondary N) is 1. The van der Waals surface area contributed by atoms with Crippen LogP contribution in [0.4, 0.5) is 0 Å². The number of hydrogen-bond donors (Lipinski definition) is 1. The van der Waals surface area contributed by atoms with Gasteiger partial charge in [-0.15, -0.1) is 0 Å². The quantitative estimate of drug-likeness (QED) is 0.625. The number of hydrogen-bond acceptors (Lipinski definition) is 6. The van der Waals surface area contributed by atoms with Crippen LogP contribution >= 0.6 is 0 Å². The van der Waals surface area contributed by atoms with Gasteiger partial charge in [-0.25, -0.2) is 4.79 Å². The Bertz CT molecular complexity index is 319. The third-order valence-corrected chi connectivity index (χ3v) is 1.94. The van der Waals surface area contributed by atoms with E-state index in [0.29, 0.717) is 5.89 Å². The normalized spacial score (nSPS) is 16.7. The van der Waals surface area contributed by atoms with Gasteiger partial charge in [-0.1, -0.05) is 0 Å². The lowest BCUT2D eigenvalue weighted by Crippen LogP contribution is -2.40. The second-order valence-electron chi connectivity index (χ2n) is 2.80. The van der Waals surface area contributed by atoms with Crippen LogP contribution in [-0.4, -0.2) is 36.3 Å². The second-order valence-corrected chi connectivity index (χ2v) is 2.80. The first-order chi connectivity index (χ1) is 6.31. The Balaban J connectivity index is 2.12. The highest BCUT2D eigenvalue weighted by atomic mass is 16.5. The average Bonchev–Trinajstić information content (AvgIpc) is 2.49. The Labute approximate surface area is 74.3 Å². The minimum absolute atomic E-state index is 0.00981. The van der Waals surface area contributed by atoms with E-state index in [2.05, 4.69) is 20.2 Å². The van der Waals surface area contributed by atoms with Gasteiger partial charge in [-0.3, -0.25) is 0 Å². The van der Waals surface area contributed by atoms with Crippen molar-refractivity contribution in [1.82, 2.24) is 15.5 Å². The molecule has 1 N–H and O–H groups in total. The third-order valence-electron chi connectivity index (χ3n) is 1.94. The predicted molar refractivity (Wildman–Crippen MR) is 41.2 cm³/mol. The summed E-state index contributed by atoms with van der Waals surface area (Å²) < 4.78 is 9.33. The van der Waals surface area contributed by atoms with Crippen molar-refractivity contribution in [3.05, 3.63) is 11.7 Å². The Morgan fingerprint density at radius 2 is 2.46 bits per heavy atom. The predicted octanol–water partition coefficient (Wildman–Crippen LogP) is -0.457. The molecule has 0 aliphatic carbocycles. The smallest absolute Gasteiger partial charge is 0.379 e. The maximum Gasteiger partial charge on any atom is 0.379 e. The van der Waals surface area contributed by atoms with E-state index < -0.39 is 5.97 Å². The van der Waals surface area contributed by atoms with Crippen LogP contribution < -0.4 is 5.32 Å². The van der Waals surface area contributed by atoms with Crippen LogP contribution in [0.25, 0.3) is 0 Å². The van der Waals surface area contributed by atoms with Gasteiger partial charge in [0.05, 0.1) is 13.0 Å². The highest BCUT2D eigenvalue weighted by Crippen LogP contribution is 2.17. The molecule has 2 heterocycles. The standard InChI is InChI=1S/C7H9N3O3/c1-12-7(11)5-9-6(13-10-5)4-2-8-3-4/h4,8H,2-3H2,1H3. The summed E-state index contributed by atoms with van der Waals surface area (Å²) in [6.07, 6.45) is 0. The molecule has 0 saturated carbocycles. The number of carbonyl (C=O) groups is 1. The molecule has 0 amide bonds. The third kappa shape index (κ3) is 1.40. The Hall–Kier alpha value is -1.43. The maximum atomic E-state index is 10.9. The first kappa shape index (κ1) is 8.18. The van der Waals surface area contributed by atoms with E-state index in [1.165, 1.54) is 7.11 Å². The Morgan fingerprint density at radius 3 is 3.00 bits per heavy atom. The van der Waals surface area contributed by atoms with E-state index in [1.54, 1.807) is 0 Å². The molecule has 0 bridgehead atoms. The highest BCUT2D eigenvalue weighted by Gasteiger charge is 2.26. The van der Waals surface area contributed by atoms with E-state index >= 15 is 0 Å². The molecule has 1 aliphatic rings. The number of esters is 1. The largest absolute Gasteiger partial charge is 0.463 e. The van der Waals surface area contributed by atoms with E-state index in [-0.39, 0.29) is 11.7 Å². The van der Waals surface area contributed by atoms with Gasteiger partial charge in [0.2, 0.25) is 5.89 Å². The lowest BCUT2D eigenvalue weighted by Gasteiger charge is -2.22. The van der Waals surface area contributed by atoms with Crippen LogP contribution in [0.5, 0.6) is 0 Å². The van der Waals surface area contributed by atoms with E-state index in [4.69, 9.17) is 4.52 Å². The Kier molecular flexibility index (Phi) is 1.97. The van der Waals surface area contributed by atoms with Crippen LogP contribution in [0.3, 0.4) is 0 Å². The van der Waals surface area contributed by atoms with Crippen molar-refractivity contribution >= 4 is 5.97 Å². The van der Waals surface area contributed by atoms with Gasteiger partial charge < -0.3 is 14.6 Å². The lowest BCUT2D eigenvalue weighted by atomic mass is 10.0.